The van der Waals surface area contributed by atoms with E-state index >= 15 is 0 Å². The third kappa shape index (κ3) is 66.3. The predicted octanol–water partition coefficient (Wildman–Crippen LogP) is 19.6. The van der Waals surface area contributed by atoms with Gasteiger partial charge in [0.1, 0.15) is 13.2 Å². The number of carbonyl (C=O) groups excluding carboxylic acids is 3. The molecule has 0 fully saturated rings. The van der Waals surface area contributed by atoms with Crippen molar-refractivity contribution in [2.45, 2.75) is 257 Å². The summed E-state index contributed by atoms with van der Waals surface area (Å²) in [7, 11) is 5.91. The maximum Gasteiger partial charge on any atom is 0.306 e. The first-order valence-electron chi connectivity index (χ1n) is 33.6. The zero-order valence-electron chi connectivity index (χ0n) is 54.7. The first kappa shape index (κ1) is 79.9. The highest BCUT2D eigenvalue weighted by atomic mass is 16.7. The smallest absolute Gasteiger partial charge is 0.306 e. The molecule has 0 amide bonds. The van der Waals surface area contributed by atoms with Gasteiger partial charge in [0.05, 0.1) is 40.3 Å². The second-order valence-electron chi connectivity index (χ2n) is 23.0. The number of carbonyl (C=O) groups is 3. The Labute approximate surface area is 521 Å². The van der Waals surface area contributed by atoms with Gasteiger partial charge in [-0.25, -0.2) is 0 Å². The van der Waals surface area contributed by atoms with Crippen molar-refractivity contribution >= 4 is 17.9 Å². The van der Waals surface area contributed by atoms with Gasteiger partial charge >= 0.3 is 11.9 Å². The Bertz CT molecular complexity index is 1950. The minimum absolute atomic E-state index is 0.137. The van der Waals surface area contributed by atoms with Gasteiger partial charge in [-0.05, 0) is 122 Å². The fraction of sp³-hybridized carbons (Fsp3) is 0.618. The molecular weight excluding hydrogens is 1050 g/mol. The van der Waals surface area contributed by atoms with E-state index in [1.54, 1.807) is 0 Å². The minimum atomic E-state index is -1.64. The van der Waals surface area contributed by atoms with Gasteiger partial charge in [-0.1, -0.05) is 268 Å². The number of ether oxygens (including phenoxy) is 4. The van der Waals surface area contributed by atoms with Crippen LogP contribution in [0.3, 0.4) is 0 Å². The molecular formula is C76H123NO8. The summed E-state index contributed by atoms with van der Waals surface area (Å²) < 4.78 is 22.8. The largest absolute Gasteiger partial charge is 0.545 e. The Balaban J connectivity index is 4.23. The highest BCUT2D eigenvalue weighted by Gasteiger charge is 2.22. The summed E-state index contributed by atoms with van der Waals surface area (Å²) in [4.78, 5) is 37.5. The van der Waals surface area contributed by atoms with Crippen molar-refractivity contribution in [3.8, 4) is 0 Å². The lowest BCUT2D eigenvalue weighted by Crippen LogP contribution is -2.44. The Hall–Kier alpha value is -5.09. The van der Waals surface area contributed by atoms with Crippen molar-refractivity contribution < 1.29 is 42.9 Å². The molecule has 0 saturated heterocycles. The SMILES string of the molecule is CC/C=C\C/C=C\C/C=C\C/C=C\C/C=C\C/C=C\C/C=C\C/C=C\CCCCCCCCCCC(=O)OC(COC(=O)CCCCCCCCCCCCC/C=C\C/C=C\C/C=C\C/C=C\C/C=C\CC)COC(OCC[N+](C)(C)C)C(=O)[O-]. The zero-order chi connectivity index (χ0) is 61.9. The van der Waals surface area contributed by atoms with Crippen LogP contribution in [0.4, 0.5) is 0 Å². The molecule has 0 aliphatic rings. The zero-order valence-corrected chi connectivity index (χ0v) is 54.7. The number of carboxylic acid groups (broad SMARTS) is 1. The number of hydrogen-bond acceptors (Lipinski definition) is 8. The maximum atomic E-state index is 12.9. The van der Waals surface area contributed by atoms with Gasteiger partial charge < -0.3 is 33.3 Å². The molecule has 0 aromatic carbocycles. The normalized spacial score (nSPS) is 13.8. The Kier molecular flexibility index (Phi) is 61.0. The quantitative estimate of drug-likeness (QED) is 0.0195. The predicted molar refractivity (Wildman–Crippen MR) is 361 cm³/mol. The average Bonchev–Trinajstić information content (AvgIpc) is 3.49. The van der Waals surface area contributed by atoms with Crippen LogP contribution in [0.25, 0.3) is 0 Å². The van der Waals surface area contributed by atoms with Gasteiger partial charge in [-0.15, -0.1) is 0 Å². The van der Waals surface area contributed by atoms with Crippen molar-refractivity contribution in [3.63, 3.8) is 0 Å². The summed E-state index contributed by atoms with van der Waals surface area (Å²) in [6, 6.07) is 0. The Morgan fingerprint density at radius 3 is 0.941 bits per heavy atom. The number of esters is 2. The molecule has 0 aliphatic carbocycles. The standard InChI is InChI=1S/C76H123NO8/c1-6-8-10-12-14-16-18-20-22-24-26-28-30-32-34-35-36-37-38-39-41-43-45-47-49-51-53-55-57-59-61-63-65-67-74(79)85-72(71-84-76(75(80)81)82-69-68-77(3,4)5)70-83-73(78)66-64-62-60-58-56-54-52-50-48-46-44-42-40-33-31-29-27-25-23-21-19-17-15-13-11-9-7-2/h8-11,14-17,20-23,26-29,32-34,36-37,39-41,45,47,72,76H,6-7,12-13,18-19,24-25,30-31,35,38,42-44,46,48-71H2,1-5H3/b10-8-,11-9-,16-14-,17-15-,22-20-,23-21-,28-26-,29-27-,34-32-,37-36-,40-33-,41-39-,47-45-. The summed E-state index contributed by atoms with van der Waals surface area (Å²) >= 11 is 0. The highest BCUT2D eigenvalue weighted by Crippen LogP contribution is 2.15. The first-order chi connectivity index (χ1) is 41.6. The van der Waals surface area contributed by atoms with E-state index < -0.39 is 24.3 Å². The van der Waals surface area contributed by atoms with Crippen LogP contribution in [0.5, 0.6) is 0 Å². The summed E-state index contributed by atoms with van der Waals surface area (Å²) in [5.74, 6) is -2.31. The molecule has 2 unspecified atom stereocenters. The van der Waals surface area contributed by atoms with E-state index in [0.717, 1.165) is 141 Å². The van der Waals surface area contributed by atoms with Crippen LogP contribution in [-0.2, 0) is 33.3 Å². The summed E-state index contributed by atoms with van der Waals surface area (Å²) in [5, 5.41) is 11.8. The van der Waals surface area contributed by atoms with Gasteiger partial charge in [0.15, 0.2) is 12.4 Å². The first-order valence-corrected chi connectivity index (χ1v) is 33.6. The highest BCUT2D eigenvalue weighted by molar-refractivity contribution is 5.70. The number of carboxylic acids is 1. The van der Waals surface area contributed by atoms with Crippen molar-refractivity contribution in [1.82, 2.24) is 0 Å². The number of likely N-dealkylation sites (N-methyl/N-ethyl adjacent to an activating group) is 1. The molecule has 0 aliphatic heterocycles. The number of rotatable bonds is 60. The van der Waals surface area contributed by atoms with Gasteiger partial charge in [-0.2, -0.15) is 0 Å². The molecule has 0 aromatic heterocycles. The molecule has 9 heteroatoms. The van der Waals surface area contributed by atoms with E-state index in [1.807, 2.05) is 21.1 Å². The van der Waals surface area contributed by atoms with E-state index in [4.69, 9.17) is 18.9 Å². The monoisotopic (exact) mass is 1180 g/mol. The molecule has 0 saturated carbocycles. The van der Waals surface area contributed by atoms with Crippen LogP contribution < -0.4 is 5.11 Å². The minimum Gasteiger partial charge on any atom is -0.545 e. The molecule has 0 bridgehead atoms. The van der Waals surface area contributed by atoms with E-state index in [-0.39, 0.29) is 38.6 Å². The number of allylic oxidation sites excluding steroid dienone is 26. The van der Waals surface area contributed by atoms with Gasteiger partial charge in [0.25, 0.3) is 0 Å². The number of aliphatic carboxylic acids is 1. The number of unbranched alkanes of at least 4 members (excludes halogenated alkanes) is 19. The lowest BCUT2D eigenvalue weighted by atomic mass is 10.0. The maximum absolute atomic E-state index is 12.9. The summed E-state index contributed by atoms with van der Waals surface area (Å²) in [6.07, 6.45) is 93.0. The fourth-order valence-electron chi connectivity index (χ4n) is 8.70. The number of nitrogens with zero attached hydrogens (tertiary/aromatic N) is 1. The number of quaternary nitrogens is 1. The molecule has 2 atom stereocenters. The van der Waals surface area contributed by atoms with Crippen LogP contribution in [-0.4, -0.2) is 82.3 Å². The van der Waals surface area contributed by atoms with Crippen molar-refractivity contribution in [3.05, 3.63) is 158 Å². The van der Waals surface area contributed by atoms with Crippen LogP contribution in [0, 0.1) is 0 Å². The molecule has 9 nitrogen and oxygen atoms in total. The molecule has 0 rings (SSSR count). The second kappa shape index (κ2) is 64.9. The lowest BCUT2D eigenvalue weighted by molar-refractivity contribution is -0.870. The van der Waals surface area contributed by atoms with Gasteiger partial charge in [-0.3, -0.25) is 9.59 Å². The number of hydrogen-bond donors (Lipinski definition) is 0. The Morgan fingerprint density at radius 1 is 0.353 bits per heavy atom. The molecule has 0 heterocycles. The van der Waals surface area contributed by atoms with Gasteiger partial charge in [0.2, 0.25) is 0 Å². The summed E-state index contributed by atoms with van der Waals surface area (Å²) in [6.45, 7) is 4.50. The summed E-state index contributed by atoms with van der Waals surface area (Å²) in [5.41, 5.74) is 0. The van der Waals surface area contributed by atoms with E-state index in [1.165, 1.54) is 70.6 Å². The molecule has 0 N–H and O–H groups in total. The third-order valence-corrected chi connectivity index (χ3v) is 13.8. The lowest BCUT2D eigenvalue weighted by Gasteiger charge is -2.26. The molecule has 480 valence electrons. The van der Waals surface area contributed by atoms with Crippen LogP contribution in [0.2, 0.25) is 0 Å². The van der Waals surface area contributed by atoms with Crippen LogP contribution >= 0.6 is 0 Å². The molecule has 0 radical (unpaired) electrons. The Morgan fingerprint density at radius 2 is 0.635 bits per heavy atom. The van der Waals surface area contributed by atoms with E-state index in [9.17, 15) is 19.5 Å². The fourth-order valence-corrected chi connectivity index (χ4v) is 8.70. The van der Waals surface area contributed by atoms with Crippen molar-refractivity contribution in [2.75, 3.05) is 47.5 Å². The van der Waals surface area contributed by atoms with E-state index in [0.29, 0.717) is 17.4 Å². The topological polar surface area (TPSA) is 111 Å². The van der Waals surface area contributed by atoms with Crippen LogP contribution in [0.15, 0.2) is 158 Å². The third-order valence-electron chi connectivity index (χ3n) is 13.8. The molecule has 0 spiro atoms. The second-order valence-corrected chi connectivity index (χ2v) is 23.0. The molecule has 0 aromatic rings. The molecule has 85 heavy (non-hydrogen) atoms. The van der Waals surface area contributed by atoms with Gasteiger partial charge in [0, 0.05) is 12.8 Å². The van der Waals surface area contributed by atoms with E-state index in [2.05, 4.69) is 172 Å². The van der Waals surface area contributed by atoms with Crippen LogP contribution in [0.1, 0.15) is 245 Å². The average molecular weight is 1180 g/mol. The van der Waals surface area contributed by atoms with Crippen molar-refractivity contribution in [1.29, 1.82) is 0 Å². The van der Waals surface area contributed by atoms with Crippen molar-refractivity contribution in [2.24, 2.45) is 0 Å².